The second kappa shape index (κ2) is 6.14. The number of carbonyl (C=O) groups excluding carboxylic acids is 1. The van der Waals surface area contributed by atoms with Crippen LogP contribution in [0.4, 0.5) is 5.13 Å². The molecule has 1 fully saturated rings. The van der Waals surface area contributed by atoms with Gasteiger partial charge in [-0.15, -0.1) is 11.3 Å². The lowest BCUT2D eigenvalue weighted by Crippen LogP contribution is -2.23. The van der Waals surface area contributed by atoms with Crippen molar-refractivity contribution in [3.63, 3.8) is 0 Å². The lowest BCUT2D eigenvalue weighted by atomic mass is 10.1. The van der Waals surface area contributed by atoms with Gasteiger partial charge in [0, 0.05) is 36.6 Å². The number of thioether (sulfide) groups is 1. The maximum absolute atomic E-state index is 12.5. The number of nitrogens with zero attached hydrogens (tertiary/aromatic N) is 5. The summed E-state index contributed by atoms with van der Waals surface area (Å²) < 4.78 is 0. The van der Waals surface area contributed by atoms with E-state index in [-0.39, 0.29) is 5.91 Å². The Kier molecular flexibility index (Phi) is 3.83. The Morgan fingerprint density at radius 2 is 2.04 bits per heavy atom. The number of hydrogen-bond acceptors (Lipinski definition) is 7. The van der Waals surface area contributed by atoms with E-state index in [1.807, 2.05) is 29.7 Å². The third-order valence-corrected chi connectivity index (χ3v) is 5.16. The molecule has 6 nitrogen and oxygen atoms in total. The molecule has 1 aromatic carbocycles. The van der Waals surface area contributed by atoms with Crippen molar-refractivity contribution in [2.45, 2.75) is 0 Å². The van der Waals surface area contributed by atoms with Gasteiger partial charge >= 0.3 is 0 Å². The van der Waals surface area contributed by atoms with E-state index in [9.17, 15) is 4.79 Å². The first kappa shape index (κ1) is 15.0. The molecule has 2 aromatic heterocycles. The van der Waals surface area contributed by atoms with Crippen LogP contribution in [-0.2, 0) is 4.79 Å². The van der Waals surface area contributed by atoms with E-state index in [4.69, 9.17) is 0 Å². The predicted octanol–water partition coefficient (Wildman–Crippen LogP) is 3.32. The Bertz CT molecular complexity index is 976. The van der Waals surface area contributed by atoms with Crippen LogP contribution in [0.1, 0.15) is 5.56 Å². The van der Waals surface area contributed by atoms with Crippen molar-refractivity contribution in [2.24, 2.45) is 4.99 Å². The lowest BCUT2D eigenvalue weighted by Gasteiger charge is -2.05. The van der Waals surface area contributed by atoms with Gasteiger partial charge in [0.15, 0.2) is 5.17 Å². The fourth-order valence-corrected chi connectivity index (χ4v) is 3.80. The van der Waals surface area contributed by atoms with Gasteiger partial charge in [0.05, 0.1) is 15.9 Å². The van der Waals surface area contributed by atoms with Crippen LogP contribution in [0.25, 0.3) is 17.1 Å². The van der Waals surface area contributed by atoms with Crippen LogP contribution in [0.2, 0.25) is 0 Å². The molecule has 0 aliphatic carbocycles. The number of fused-ring (bicyclic) bond motifs is 1. The molecule has 1 saturated heterocycles. The van der Waals surface area contributed by atoms with Gasteiger partial charge < -0.3 is 0 Å². The molecule has 3 aromatic rings. The molecule has 0 bridgehead atoms. The first-order valence-electron chi connectivity index (χ1n) is 7.08. The SMILES string of the molecule is CN1C(=O)/C(=C/c2cccc3nccnc23)SC1=Nc1nccs1. The van der Waals surface area contributed by atoms with Crippen molar-refractivity contribution < 1.29 is 4.79 Å². The molecule has 0 N–H and O–H groups in total. The van der Waals surface area contributed by atoms with Crippen LogP contribution in [0.3, 0.4) is 0 Å². The average Bonchev–Trinajstić information content (AvgIpc) is 3.20. The fourth-order valence-electron chi connectivity index (χ4n) is 2.28. The van der Waals surface area contributed by atoms with Gasteiger partial charge in [0.25, 0.3) is 5.91 Å². The van der Waals surface area contributed by atoms with Crippen LogP contribution in [0.15, 0.2) is 52.1 Å². The number of para-hydroxylation sites is 1. The summed E-state index contributed by atoms with van der Waals surface area (Å²) in [5.74, 6) is -0.0869. The number of aromatic nitrogens is 3. The highest BCUT2D eigenvalue weighted by Crippen LogP contribution is 2.34. The minimum Gasteiger partial charge on any atom is -0.289 e. The van der Waals surface area contributed by atoms with Crippen molar-refractivity contribution >= 4 is 56.4 Å². The van der Waals surface area contributed by atoms with Crippen LogP contribution in [0.5, 0.6) is 0 Å². The summed E-state index contributed by atoms with van der Waals surface area (Å²) in [7, 11) is 1.71. The maximum Gasteiger partial charge on any atom is 0.266 e. The van der Waals surface area contributed by atoms with Crippen LogP contribution >= 0.6 is 23.1 Å². The first-order valence-corrected chi connectivity index (χ1v) is 8.77. The van der Waals surface area contributed by atoms with E-state index in [1.165, 1.54) is 28.0 Å². The van der Waals surface area contributed by atoms with Gasteiger partial charge in [0.2, 0.25) is 5.13 Å². The highest BCUT2D eigenvalue weighted by molar-refractivity contribution is 8.18. The standard InChI is InChI=1S/C16H11N5OS2/c1-21-14(22)12(24-16(21)20-15-19-7-8-23-15)9-10-3-2-4-11-13(10)18-6-5-17-11/h2-9H,1H3/b12-9-,20-16?. The Hall–Kier alpha value is -2.58. The zero-order valence-corrected chi connectivity index (χ0v) is 14.2. The number of aliphatic imine (C=N–C) groups is 1. The summed E-state index contributed by atoms with van der Waals surface area (Å²) >= 11 is 2.77. The molecule has 1 aliphatic rings. The summed E-state index contributed by atoms with van der Waals surface area (Å²) in [6.45, 7) is 0. The smallest absolute Gasteiger partial charge is 0.266 e. The van der Waals surface area contributed by atoms with Gasteiger partial charge in [-0.05, 0) is 23.9 Å². The molecule has 0 saturated carbocycles. The molecule has 4 rings (SSSR count). The second-order valence-corrected chi connectivity index (χ2v) is 6.84. The van der Waals surface area contributed by atoms with E-state index >= 15 is 0 Å². The number of hydrogen-bond donors (Lipinski definition) is 0. The van der Waals surface area contributed by atoms with Crippen molar-refractivity contribution in [1.29, 1.82) is 0 Å². The third-order valence-electron chi connectivity index (χ3n) is 3.43. The van der Waals surface area contributed by atoms with Crippen LogP contribution in [-0.4, -0.2) is 38.0 Å². The summed E-state index contributed by atoms with van der Waals surface area (Å²) in [5.41, 5.74) is 2.43. The molecular weight excluding hydrogens is 342 g/mol. The first-order chi connectivity index (χ1) is 11.7. The molecule has 24 heavy (non-hydrogen) atoms. The Labute approximate surface area is 146 Å². The van der Waals surface area contributed by atoms with Gasteiger partial charge in [-0.1, -0.05) is 12.1 Å². The quantitative estimate of drug-likeness (QED) is 0.661. The summed E-state index contributed by atoms with van der Waals surface area (Å²) in [4.78, 5) is 31.8. The van der Waals surface area contributed by atoms with Crippen molar-refractivity contribution in [1.82, 2.24) is 19.9 Å². The molecule has 3 heterocycles. The number of rotatable bonds is 2. The molecule has 1 aliphatic heterocycles. The normalized spacial score (nSPS) is 18.2. The van der Waals surface area contributed by atoms with Crippen molar-refractivity contribution in [2.75, 3.05) is 7.05 Å². The molecular formula is C16H11N5OS2. The maximum atomic E-state index is 12.5. The molecule has 1 amide bonds. The van der Waals surface area contributed by atoms with E-state index in [2.05, 4.69) is 19.9 Å². The molecule has 8 heteroatoms. The van der Waals surface area contributed by atoms with Gasteiger partial charge in [-0.3, -0.25) is 19.7 Å². The predicted molar refractivity (Wildman–Crippen MR) is 97.1 cm³/mol. The third kappa shape index (κ3) is 2.70. The van der Waals surface area contributed by atoms with Gasteiger partial charge in [0.1, 0.15) is 0 Å². The van der Waals surface area contributed by atoms with E-state index in [0.717, 1.165) is 16.6 Å². The topological polar surface area (TPSA) is 71.3 Å². The number of thiazole rings is 1. The largest absolute Gasteiger partial charge is 0.289 e. The Morgan fingerprint density at radius 1 is 1.17 bits per heavy atom. The Morgan fingerprint density at radius 3 is 2.88 bits per heavy atom. The average molecular weight is 353 g/mol. The molecule has 0 atom stereocenters. The fraction of sp³-hybridized carbons (Fsp3) is 0.0625. The van der Waals surface area contributed by atoms with Gasteiger partial charge in [-0.2, -0.15) is 4.99 Å². The second-order valence-electron chi connectivity index (χ2n) is 4.96. The molecule has 118 valence electrons. The van der Waals surface area contributed by atoms with Crippen molar-refractivity contribution in [3.05, 3.63) is 52.6 Å². The summed E-state index contributed by atoms with van der Waals surface area (Å²) in [6.07, 6.45) is 6.83. The van der Waals surface area contributed by atoms with E-state index in [0.29, 0.717) is 15.2 Å². The van der Waals surface area contributed by atoms with E-state index in [1.54, 1.807) is 25.6 Å². The molecule has 0 unspecified atom stereocenters. The highest BCUT2D eigenvalue weighted by atomic mass is 32.2. The number of likely N-dealkylation sites (N-methyl/N-ethyl adjacent to an activating group) is 1. The summed E-state index contributed by atoms with van der Waals surface area (Å²) in [6, 6.07) is 5.73. The zero-order chi connectivity index (χ0) is 16.5. The van der Waals surface area contributed by atoms with Crippen LogP contribution in [0, 0.1) is 0 Å². The number of amides is 1. The molecule has 0 radical (unpaired) electrons. The highest BCUT2D eigenvalue weighted by Gasteiger charge is 2.30. The number of amidine groups is 1. The minimum absolute atomic E-state index is 0.0869. The molecule has 0 spiro atoms. The number of carbonyl (C=O) groups is 1. The van der Waals surface area contributed by atoms with Crippen molar-refractivity contribution in [3.8, 4) is 0 Å². The minimum atomic E-state index is -0.0869. The monoisotopic (exact) mass is 353 g/mol. The lowest BCUT2D eigenvalue weighted by molar-refractivity contribution is -0.121. The van der Waals surface area contributed by atoms with Crippen LogP contribution < -0.4 is 0 Å². The Balaban J connectivity index is 1.74. The zero-order valence-electron chi connectivity index (χ0n) is 12.6. The van der Waals surface area contributed by atoms with Gasteiger partial charge in [-0.25, -0.2) is 4.98 Å². The van der Waals surface area contributed by atoms with E-state index < -0.39 is 0 Å². The number of benzene rings is 1. The summed E-state index contributed by atoms with van der Waals surface area (Å²) in [5, 5.41) is 3.11.